The summed E-state index contributed by atoms with van der Waals surface area (Å²) in [6.45, 7) is 3.98. The van der Waals surface area contributed by atoms with Crippen LogP contribution in [0.25, 0.3) is 20.5 Å². The number of rotatable bonds is 11. The molecule has 0 N–H and O–H groups in total. The van der Waals surface area contributed by atoms with E-state index in [1.165, 1.54) is 38.8 Å². The van der Waals surface area contributed by atoms with Crippen molar-refractivity contribution in [3.05, 3.63) is 77.9 Å². The monoisotopic (exact) mass is 598 g/mol. The number of carbonyl (C=O) groups is 1. The van der Waals surface area contributed by atoms with Crippen molar-refractivity contribution in [3.63, 3.8) is 0 Å². The molecule has 1 aromatic heterocycles. The van der Waals surface area contributed by atoms with Gasteiger partial charge in [0, 0.05) is 38.7 Å². The van der Waals surface area contributed by atoms with Gasteiger partial charge in [-0.1, -0.05) is 6.42 Å². The third-order valence-corrected chi connectivity index (χ3v) is 10.1. The van der Waals surface area contributed by atoms with Gasteiger partial charge in [-0.3, -0.25) is 9.69 Å². The molecule has 7 heteroatoms. The van der Waals surface area contributed by atoms with Crippen molar-refractivity contribution in [1.82, 2.24) is 9.80 Å². The lowest BCUT2D eigenvalue weighted by molar-refractivity contribution is 0.0623. The standard InChI is InChI=1S/C36H42N2O4S/c1-37(2)31-8-4-5-9-32(31)42-28-16-10-25(11-17-28)35(39)34-30-19-18-29(40-3)24-33(30)43-36(34)26-12-14-27(15-13-26)41-23-22-38-20-6-7-21-38/h10-19,24,31-32H,4-9,20-23H2,1-3H3/t31-,32-/m1/s1. The summed E-state index contributed by atoms with van der Waals surface area (Å²) in [4.78, 5) is 19.8. The van der Waals surface area contributed by atoms with E-state index in [-0.39, 0.29) is 11.9 Å². The van der Waals surface area contributed by atoms with E-state index >= 15 is 0 Å². The van der Waals surface area contributed by atoms with Crippen molar-refractivity contribution < 1.29 is 19.0 Å². The second-order valence-electron chi connectivity index (χ2n) is 11.9. The third kappa shape index (κ3) is 6.74. The minimum Gasteiger partial charge on any atom is -0.497 e. The second-order valence-corrected chi connectivity index (χ2v) is 13.0. The molecule has 0 spiro atoms. The van der Waals surface area contributed by atoms with Crippen molar-refractivity contribution in [2.24, 2.45) is 0 Å². The fourth-order valence-corrected chi connectivity index (χ4v) is 7.68. The number of ether oxygens (including phenoxy) is 3. The summed E-state index contributed by atoms with van der Waals surface area (Å²) >= 11 is 1.62. The molecule has 2 heterocycles. The first-order valence-electron chi connectivity index (χ1n) is 15.5. The maximum Gasteiger partial charge on any atom is 0.195 e. The van der Waals surface area contributed by atoms with Crippen molar-refractivity contribution in [1.29, 1.82) is 0 Å². The Morgan fingerprint density at radius 1 is 0.884 bits per heavy atom. The van der Waals surface area contributed by atoms with Gasteiger partial charge in [-0.2, -0.15) is 0 Å². The fourth-order valence-electron chi connectivity index (χ4n) is 6.44. The molecular weight excluding hydrogens is 556 g/mol. The Morgan fingerprint density at radius 2 is 1.58 bits per heavy atom. The average Bonchev–Trinajstić information content (AvgIpc) is 3.69. The van der Waals surface area contributed by atoms with E-state index in [1.54, 1.807) is 18.4 Å². The van der Waals surface area contributed by atoms with Gasteiger partial charge in [0.2, 0.25) is 0 Å². The van der Waals surface area contributed by atoms with Gasteiger partial charge in [0.25, 0.3) is 0 Å². The largest absolute Gasteiger partial charge is 0.497 e. The highest BCUT2D eigenvalue weighted by molar-refractivity contribution is 7.22. The van der Waals surface area contributed by atoms with Gasteiger partial charge >= 0.3 is 0 Å². The molecule has 6 nitrogen and oxygen atoms in total. The number of hydrogen-bond acceptors (Lipinski definition) is 7. The Kier molecular flexibility index (Phi) is 9.31. The summed E-state index contributed by atoms with van der Waals surface area (Å²) < 4.78 is 19.0. The Morgan fingerprint density at radius 3 is 2.30 bits per heavy atom. The zero-order valence-electron chi connectivity index (χ0n) is 25.5. The number of carbonyl (C=O) groups excluding carboxylic acids is 1. The zero-order valence-corrected chi connectivity index (χ0v) is 26.3. The van der Waals surface area contributed by atoms with E-state index in [0.29, 0.717) is 18.2 Å². The van der Waals surface area contributed by atoms with E-state index in [4.69, 9.17) is 14.2 Å². The number of methoxy groups -OCH3 is 1. The van der Waals surface area contributed by atoms with Crippen molar-refractivity contribution in [3.8, 4) is 27.7 Å². The molecule has 0 bridgehead atoms. The lowest BCUT2D eigenvalue weighted by Gasteiger charge is -2.36. The van der Waals surface area contributed by atoms with E-state index in [9.17, 15) is 4.79 Å². The Hall–Kier alpha value is -3.39. The first-order chi connectivity index (χ1) is 21.0. The predicted octanol–water partition coefficient (Wildman–Crippen LogP) is 7.53. The lowest BCUT2D eigenvalue weighted by atomic mass is 9.91. The molecule has 1 saturated carbocycles. The van der Waals surface area contributed by atoms with E-state index in [1.807, 2.05) is 54.6 Å². The topological polar surface area (TPSA) is 51.2 Å². The zero-order chi connectivity index (χ0) is 29.8. The molecule has 2 aliphatic rings. The van der Waals surface area contributed by atoms with Crippen molar-refractivity contribution in [2.45, 2.75) is 50.7 Å². The molecule has 1 aliphatic carbocycles. The maximum absolute atomic E-state index is 14.1. The Bertz CT molecular complexity index is 1520. The van der Waals surface area contributed by atoms with E-state index in [0.717, 1.165) is 62.7 Å². The molecule has 2 atom stereocenters. The first-order valence-corrected chi connectivity index (χ1v) is 16.4. The van der Waals surface area contributed by atoms with Crippen LogP contribution in [-0.4, -0.2) is 75.2 Å². The number of likely N-dealkylation sites (N-methyl/N-ethyl adjacent to an activating group) is 1. The van der Waals surface area contributed by atoms with Gasteiger partial charge in [0.05, 0.1) is 7.11 Å². The Labute approximate surface area is 259 Å². The van der Waals surface area contributed by atoms with Crippen LogP contribution in [0.1, 0.15) is 54.4 Å². The van der Waals surface area contributed by atoms with Crippen molar-refractivity contribution in [2.75, 3.05) is 47.4 Å². The minimum absolute atomic E-state index is 0.00717. The molecule has 0 unspecified atom stereocenters. The summed E-state index contributed by atoms with van der Waals surface area (Å²) in [7, 11) is 5.92. The number of hydrogen-bond donors (Lipinski definition) is 0. The van der Waals surface area contributed by atoms with Crippen LogP contribution >= 0.6 is 11.3 Å². The van der Waals surface area contributed by atoms with Crippen LogP contribution in [0.2, 0.25) is 0 Å². The normalized spacial score (nSPS) is 19.2. The van der Waals surface area contributed by atoms with Crippen LogP contribution in [0, 0.1) is 0 Å². The lowest BCUT2D eigenvalue weighted by Crippen LogP contribution is -2.44. The highest BCUT2D eigenvalue weighted by Crippen LogP contribution is 2.42. The molecule has 1 aliphatic heterocycles. The third-order valence-electron chi connectivity index (χ3n) is 8.85. The quantitative estimate of drug-likeness (QED) is 0.166. The smallest absolute Gasteiger partial charge is 0.195 e. The molecule has 3 aromatic carbocycles. The highest BCUT2D eigenvalue weighted by atomic mass is 32.1. The molecule has 2 fully saturated rings. The van der Waals surface area contributed by atoms with Gasteiger partial charge < -0.3 is 19.1 Å². The van der Waals surface area contributed by atoms with E-state index < -0.39 is 0 Å². The summed E-state index contributed by atoms with van der Waals surface area (Å²) in [6.07, 6.45) is 7.38. The number of nitrogens with zero attached hydrogens (tertiary/aromatic N) is 2. The average molecular weight is 599 g/mol. The molecule has 1 saturated heterocycles. The second kappa shape index (κ2) is 13.5. The van der Waals surface area contributed by atoms with Gasteiger partial charge in [0.15, 0.2) is 5.78 Å². The fraction of sp³-hybridized carbons (Fsp3) is 0.417. The molecule has 0 radical (unpaired) electrons. The van der Waals surface area contributed by atoms with Gasteiger partial charge in [-0.25, -0.2) is 0 Å². The molecule has 6 rings (SSSR count). The van der Waals surface area contributed by atoms with Crippen LogP contribution in [0.4, 0.5) is 0 Å². The molecule has 226 valence electrons. The maximum atomic E-state index is 14.1. The van der Waals surface area contributed by atoms with Crippen molar-refractivity contribution >= 4 is 27.2 Å². The SMILES string of the molecule is COc1ccc2c(C(=O)c3ccc(O[C@@H]4CCCC[C@H]4N(C)C)cc3)c(-c3ccc(OCCN4CCCC4)cc3)sc2c1. The number of benzene rings is 3. The highest BCUT2D eigenvalue weighted by Gasteiger charge is 2.28. The molecule has 0 amide bonds. The molecule has 43 heavy (non-hydrogen) atoms. The van der Waals surface area contributed by atoms with Crippen LogP contribution in [0.15, 0.2) is 66.7 Å². The van der Waals surface area contributed by atoms with Crippen LogP contribution in [-0.2, 0) is 0 Å². The van der Waals surface area contributed by atoms with Crippen LogP contribution < -0.4 is 14.2 Å². The number of ketones is 1. The van der Waals surface area contributed by atoms with Crippen LogP contribution in [0.5, 0.6) is 17.2 Å². The number of likely N-dealkylation sites (tertiary alicyclic amines) is 1. The predicted molar refractivity (Wildman–Crippen MR) is 175 cm³/mol. The Balaban J connectivity index is 1.24. The van der Waals surface area contributed by atoms with Gasteiger partial charge in [-0.05, 0) is 132 Å². The van der Waals surface area contributed by atoms with Gasteiger partial charge in [-0.15, -0.1) is 11.3 Å². The number of thiophene rings is 1. The van der Waals surface area contributed by atoms with Crippen LogP contribution in [0.3, 0.4) is 0 Å². The first kappa shape index (κ1) is 29.7. The number of fused-ring (bicyclic) bond motifs is 1. The van der Waals surface area contributed by atoms with E-state index in [2.05, 4.69) is 36.0 Å². The summed E-state index contributed by atoms with van der Waals surface area (Å²) in [5.74, 6) is 2.45. The van der Waals surface area contributed by atoms with Gasteiger partial charge in [0.1, 0.15) is 30.0 Å². The molecule has 4 aromatic rings. The molecular formula is C36H42N2O4S. The summed E-state index contributed by atoms with van der Waals surface area (Å²) in [5, 5.41) is 0.938. The summed E-state index contributed by atoms with van der Waals surface area (Å²) in [6, 6.07) is 22.2. The summed E-state index contributed by atoms with van der Waals surface area (Å²) in [5.41, 5.74) is 2.38. The minimum atomic E-state index is 0.00717.